The first-order valence-electron chi connectivity index (χ1n) is 10.3. The van der Waals surface area contributed by atoms with E-state index in [9.17, 15) is 14.4 Å². The summed E-state index contributed by atoms with van der Waals surface area (Å²) in [5.41, 5.74) is 0.906. The van der Waals surface area contributed by atoms with Gasteiger partial charge in [-0.3, -0.25) is 24.3 Å². The van der Waals surface area contributed by atoms with Gasteiger partial charge in [0.1, 0.15) is 0 Å². The molecule has 1 aromatic rings. The molecular formula is C21H27N5O3. The second-order valence-corrected chi connectivity index (χ2v) is 8.02. The van der Waals surface area contributed by atoms with Gasteiger partial charge in [0.05, 0.1) is 17.7 Å². The van der Waals surface area contributed by atoms with Crippen molar-refractivity contribution in [3.8, 4) is 0 Å². The molecule has 0 bridgehead atoms. The number of benzene rings is 1. The average molecular weight is 397 g/mol. The number of guanidine groups is 1. The number of amides is 3. The molecule has 2 N–H and O–H groups in total. The van der Waals surface area contributed by atoms with Gasteiger partial charge in [0, 0.05) is 44.6 Å². The number of nitrogens with zero attached hydrogens (tertiary/aromatic N) is 3. The molecule has 0 aromatic heterocycles. The molecule has 3 amide bonds. The molecular weight excluding hydrogens is 370 g/mol. The minimum atomic E-state index is -0.252. The lowest BCUT2D eigenvalue weighted by atomic mass is 9.79. The zero-order valence-corrected chi connectivity index (χ0v) is 16.7. The number of imide groups is 1. The molecule has 2 fully saturated rings. The Hall–Kier alpha value is -2.90. The van der Waals surface area contributed by atoms with E-state index < -0.39 is 0 Å². The Morgan fingerprint density at radius 3 is 2.55 bits per heavy atom. The number of carbonyl (C=O) groups excluding carboxylic acids is 3. The highest BCUT2D eigenvalue weighted by Crippen LogP contribution is 2.36. The zero-order chi connectivity index (χ0) is 20.4. The van der Waals surface area contributed by atoms with Crippen LogP contribution in [0.1, 0.15) is 46.9 Å². The molecule has 1 aromatic carbocycles. The Labute approximate surface area is 170 Å². The van der Waals surface area contributed by atoms with Crippen LogP contribution in [0.3, 0.4) is 0 Å². The molecule has 1 spiro atoms. The van der Waals surface area contributed by atoms with Gasteiger partial charge in [0.25, 0.3) is 11.8 Å². The van der Waals surface area contributed by atoms with Crippen molar-refractivity contribution < 1.29 is 14.4 Å². The van der Waals surface area contributed by atoms with Crippen LogP contribution in [0.25, 0.3) is 0 Å². The maximum atomic E-state index is 12.5. The number of hydrogen-bond acceptors (Lipinski definition) is 4. The zero-order valence-electron chi connectivity index (χ0n) is 16.7. The van der Waals surface area contributed by atoms with Gasteiger partial charge < -0.3 is 15.5 Å². The molecule has 1 atom stereocenters. The second-order valence-electron chi connectivity index (χ2n) is 8.02. The van der Waals surface area contributed by atoms with E-state index in [2.05, 4.69) is 20.5 Å². The number of fused-ring (bicyclic) bond motifs is 1. The summed E-state index contributed by atoms with van der Waals surface area (Å²) in [6.07, 6.45) is 2.62. The molecule has 3 aliphatic rings. The molecule has 8 heteroatoms. The largest absolute Gasteiger partial charge is 0.357 e. The van der Waals surface area contributed by atoms with E-state index in [1.54, 1.807) is 24.3 Å². The van der Waals surface area contributed by atoms with Crippen LogP contribution in [0.2, 0.25) is 0 Å². The number of likely N-dealkylation sites (tertiary alicyclic amines) is 1. The van der Waals surface area contributed by atoms with Crippen LogP contribution in [0.5, 0.6) is 0 Å². The fraction of sp³-hybridized carbons (Fsp3) is 0.524. The van der Waals surface area contributed by atoms with Gasteiger partial charge in [-0.25, -0.2) is 0 Å². The third-order valence-corrected chi connectivity index (χ3v) is 5.96. The number of aliphatic imine (C=N–C) groups is 1. The number of nitrogens with one attached hydrogen (secondary N) is 2. The quantitative estimate of drug-likeness (QED) is 0.446. The third kappa shape index (κ3) is 3.71. The Morgan fingerprint density at radius 1 is 1.21 bits per heavy atom. The smallest absolute Gasteiger partial charge is 0.261 e. The predicted octanol–water partition coefficient (Wildman–Crippen LogP) is 0.850. The van der Waals surface area contributed by atoms with Crippen molar-refractivity contribution in [1.82, 2.24) is 20.4 Å². The predicted molar refractivity (Wildman–Crippen MR) is 109 cm³/mol. The van der Waals surface area contributed by atoms with Gasteiger partial charge in [-0.2, -0.15) is 0 Å². The van der Waals surface area contributed by atoms with E-state index in [-0.39, 0.29) is 29.7 Å². The van der Waals surface area contributed by atoms with Gasteiger partial charge in [0.2, 0.25) is 5.91 Å². The first-order valence-corrected chi connectivity index (χ1v) is 10.3. The van der Waals surface area contributed by atoms with Gasteiger partial charge in [-0.05, 0) is 31.9 Å². The molecule has 29 heavy (non-hydrogen) atoms. The number of piperidine rings is 1. The number of hydrogen-bond donors (Lipinski definition) is 2. The van der Waals surface area contributed by atoms with Crippen LogP contribution in [-0.2, 0) is 4.79 Å². The third-order valence-electron chi connectivity index (χ3n) is 5.96. The van der Waals surface area contributed by atoms with E-state index >= 15 is 0 Å². The van der Waals surface area contributed by atoms with Gasteiger partial charge in [0.15, 0.2) is 5.96 Å². The lowest BCUT2D eigenvalue weighted by Gasteiger charge is -2.40. The van der Waals surface area contributed by atoms with Crippen molar-refractivity contribution in [3.05, 3.63) is 35.4 Å². The number of carbonyl (C=O) groups is 3. The van der Waals surface area contributed by atoms with E-state index in [4.69, 9.17) is 0 Å². The lowest BCUT2D eigenvalue weighted by molar-refractivity contribution is -0.119. The maximum Gasteiger partial charge on any atom is 0.261 e. The highest BCUT2D eigenvalue weighted by molar-refractivity contribution is 6.21. The molecule has 4 rings (SSSR count). The Balaban J connectivity index is 1.42. The second kappa shape index (κ2) is 7.85. The highest BCUT2D eigenvalue weighted by atomic mass is 16.2. The van der Waals surface area contributed by atoms with Crippen molar-refractivity contribution in [1.29, 1.82) is 0 Å². The highest BCUT2D eigenvalue weighted by Gasteiger charge is 2.42. The molecule has 0 saturated carbocycles. The normalized spacial score (nSPS) is 24.3. The molecule has 3 heterocycles. The molecule has 3 aliphatic heterocycles. The first-order chi connectivity index (χ1) is 14.0. The summed E-state index contributed by atoms with van der Waals surface area (Å²) in [5.74, 6) is 0.401. The van der Waals surface area contributed by atoms with Gasteiger partial charge in [-0.15, -0.1) is 0 Å². The molecule has 0 radical (unpaired) electrons. The van der Waals surface area contributed by atoms with Crippen molar-refractivity contribution in [2.45, 2.75) is 26.2 Å². The van der Waals surface area contributed by atoms with Crippen molar-refractivity contribution in [2.24, 2.45) is 10.4 Å². The van der Waals surface area contributed by atoms with Crippen molar-refractivity contribution in [2.75, 3.05) is 39.3 Å². The van der Waals surface area contributed by atoms with Gasteiger partial charge in [-0.1, -0.05) is 12.1 Å². The minimum absolute atomic E-state index is 0.0198. The van der Waals surface area contributed by atoms with Crippen molar-refractivity contribution >= 4 is 23.7 Å². The first kappa shape index (κ1) is 19.4. The average Bonchev–Trinajstić information content (AvgIpc) is 3.19. The summed E-state index contributed by atoms with van der Waals surface area (Å²) in [7, 11) is 0. The maximum absolute atomic E-state index is 12.5. The summed E-state index contributed by atoms with van der Waals surface area (Å²) in [6.45, 7) is 5.72. The summed E-state index contributed by atoms with van der Waals surface area (Å²) in [4.78, 5) is 44.9. The fourth-order valence-corrected chi connectivity index (χ4v) is 4.55. The van der Waals surface area contributed by atoms with Gasteiger partial charge >= 0.3 is 0 Å². The van der Waals surface area contributed by atoms with Crippen LogP contribution < -0.4 is 10.6 Å². The standard InChI is InChI=1S/C21H27N5O3/c1-2-22-20(25-10-5-8-21(14-25)12-17(27)24-13-21)23-9-11-26-18(28)15-6-3-4-7-16(15)19(26)29/h3-4,6-7H,2,5,8-14H2,1H3,(H,22,23)(H,24,27). The monoisotopic (exact) mass is 397 g/mol. The van der Waals surface area contributed by atoms with E-state index in [1.807, 2.05) is 6.92 Å². The Kier molecular flexibility index (Phi) is 5.25. The summed E-state index contributed by atoms with van der Waals surface area (Å²) < 4.78 is 0. The van der Waals surface area contributed by atoms with Crippen molar-refractivity contribution in [3.63, 3.8) is 0 Å². The summed E-state index contributed by atoms with van der Waals surface area (Å²) >= 11 is 0. The van der Waals surface area contributed by atoms with E-state index in [0.717, 1.165) is 45.0 Å². The molecule has 0 aliphatic carbocycles. The molecule has 2 saturated heterocycles. The van der Waals surface area contributed by atoms with Crippen LogP contribution in [0.4, 0.5) is 0 Å². The fourth-order valence-electron chi connectivity index (χ4n) is 4.55. The summed E-state index contributed by atoms with van der Waals surface area (Å²) in [6, 6.07) is 6.91. The lowest BCUT2D eigenvalue weighted by Crippen LogP contribution is -2.51. The molecule has 1 unspecified atom stereocenters. The Morgan fingerprint density at radius 2 is 1.93 bits per heavy atom. The summed E-state index contributed by atoms with van der Waals surface area (Å²) in [5, 5.41) is 6.28. The minimum Gasteiger partial charge on any atom is -0.357 e. The van der Waals surface area contributed by atoms with Crippen LogP contribution in [0, 0.1) is 5.41 Å². The molecule has 154 valence electrons. The van der Waals surface area contributed by atoms with E-state index in [1.165, 1.54) is 4.90 Å². The van der Waals surface area contributed by atoms with Crippen LogP contribution in [-0.4, -0.2) is 72.7 Å². The van der Waals surface area contributed by atoms with Crippen LogP contribution in [0.15, 0.2) is 29.3 Å². The molecule has 8 nitrogen and oxygen atoms in total. The topological polar surface area (TPSA) is 94.1 Å². The van der Waals surface area contributed by atoms with E-state index in [0.29, 0.717) is 24.1 Å². The SMILES string of the molecule is CCNC(=NCCN1C(=O)c2ccccc2C1=O)N1CCCC2(CNC(=O)C2)C1. The Bertz CT molecular complexity index is 833. The number of rotatable bonds is 4. The van der Waals surface area contributed by atoms with Crippen LogP contribution >= 0.6 is 0 Å².